The molecular formula is C11H17N3O5. The van der Waals surface area contributed by atoms with E-state index in [-0.39, 0.29) is 13.1 Å². The lowest BCUT2D eigenvalue weighted by molar-refractivity contribution is -0.137. The zero-order chi connectivity index (χ0) is 14.7. The third-order valence-electron chi connectivity index (χ3n) is 1.92. The molecule has 0 bridgehead atoms. The van der Waals surface area contributed by atoms with Crippen LogP contribution in [0.25, 0.3) is 0 Å². The van der Waals surface area contributed by atoms with E-state index in [1.165, 1.54) is 7.11 Å². The number of methoxy groups -OCH3 is 1. The molecule has 3 N–H and O–H groups in total. The molecule has 0 saturated heterocycles. The Bertz CT molecular complexity index is 364. The summed E-state index contributed by atoms with van der Waals surface area (Å²) in [6.45, 7) is -0.246. The van der Waals surface area contributed by atoms with Gasteiger partial charge in [0, 0.05) is 13.7 Å². The molecule has 3 amide bonds. The highest BCUT2D eigenvalue weighted by atomic mass is 16.5. The Hall–Kier alpha value is -2.27. The molecule has 8 nitrogen and oxygen atoms in total. The van der Waals surface area contributed by atoms with Crippen molar-refractivity contribution in [1.82, 2.24) is 15.5 Å². The number of nitrogens with one attached hydrogen (secondary N) is 2. The number of urea groups is 1. The van der Waals surface area contributed by atoms with E-state index < -0.39 is 24.5 Å². The largest absolute Gasteiger partial charge is 0.480 e. The second kappa shape index (κ2) is 9.73. The number of carbonyl (C=O) groups excluding carboxylic acids is 2. The Labute approximate surface area is 111 Å². The predicted octanol–water partition coefficient (Wildman–Crippen LogP) is -1.52. The van der Waals surface area contributed by atoms with Gasteiger partial charge in [0.05, 0.1) is 19.7 Å². The fraction of sp³-hybridized carbons (Fsp3) is 0.545. The van der Waals surface area contributed by atoms with Crippen LogP contribution in [0.1, 0.15) is 0 Å². The van der Waals surface area contributed by atoms with Crippen molar-refractivity contribution in [1.29, 1.82) is 0 Å². The first kappa shape index (κ1) is 16.7. The topological polar surface area (TPSA) is 108 Å². The SMILES string of the molecule is C#CCN(CC(=O)O)C(=O)NCC(=O)NCCOC. The maximum absolute atomic E-state index is 11.6. The molecule has 0 fully saturated rings. The number of amides is 3. The summed E-state index contributed by atoms with van der Waals surface area (Å²) in [4.78, 5) is 34.2. The van der Waals surface area contributed by atoms with Gasteiger partial charge in [-0.1, -0.05) is 5.92 Å². The second-order valence-corrected chi connectivity index (χ2v) is 3.46. The van der Waals surface area contributed by atoms with Crippen LogP contribution in [-0.2, 0) is 14.3 Å². The van der Waals surface area contributed by atoms with Gasteiger partial charge >= 0.3 is 12.0 Å². The molecule has 8 heteroatoms. The van der Waals surface area contributed by atoms with Crippen molar-refractivity contribution in [3.63, 3.8) is 0 Å². The van der Waals surface area contributed by atoms with Gasteiger partial charge in [0.1, 0.15) is 6.54 Å². The molecule has 0 atom stereocenters. The van der Waals surface area contributed by atoms with Gasteiger partial charge in [0.25, 0.3) is 0 Å². The summed E-state index contributed by atoms with van der Waals surface area (Å²) in [7, 11) is 1.50. The highest BCUT2D eigenvalue weighted by Crippen LogP contribution is 1.88. The smallest absolute Gasteiger partial charge is 0.323 e. The normalized spacial score (nSPS) is 9.26. The van der Waals surface area contributed by atoms with Crippen LogP contribution in [0.5, 0.6) is 0 Å². The number of carboxylic acid groups (broad SMARTS) is 1. The molecule has 0 radical (unpaired) electrons. The van der Waals surface area contributed by atoms with Gasteiger partial charge in [0.15, 0.2) is 0 Å². The van der Waals surface area contributed by atoms with Gasteiger partial charge in [-0.05, 0) is 0 Å². The van der Waals surface area contributed by atoms with Gasteiger partial charge < -0.3 is 25.4 Å². The first-order valence-electron chi connectivity index (χ1n) is 5.45. The Balaban J connectivity index is 4.08. The highest BCUT2D eigenvalue weighted by Gasteiger charge is 2.16. The lowest BCUT2D eigenvalue weighted by Gasteiger charge is -2.18. The van der Waals surface area contributed by atoms with Crippen molar-refractivity contribution in [2.45, 2.75) is 0 Å². The minimum atomic E-state index is -1.19. The van der Waals surface area contributed by atoms with Crippen LogP contribution in [0.3, 0.4) is 0 Å². The standard InChI is InChI=1S/C11H17N3O5/c1-3-5-14(8-10(16)17)11(18)13-7-9(15)12-4-6-19-2/h1H,4-8H2,2H3,(H,12,15)(H,13,18)(H,16,17). The fourth-order valence-corrected chi connectivity index (χ4v) is 1.10. The molecule has 106 valence electrons. The van der Waals surface area contributed by atoms with Crippen molar-refractivity contribution in [2.75, 3.05) is 39.9 Å². The summed E-state index contributed by atoms with van der Waals surface area (Å²) in [5, 5.41) is 13.4. The molecule has 0 aromatic rings. The van der Waals surface area contributed by atoms with Crippen LogP contribution in [0.15, 0.2) is 0 Å². The maximum atomic E-state index is 11.6. The van der Waals surface area contributed by atoms with Crippen molar-refractivity contribution in [2.24, 2.45) is 0 Å². The average molecular weight is 271 g/mol. The number of hydrogen-bond acceptors (Lipinski definition) is 4. The van der Waals surface area contributed by atoms with Crippen molar-refractivity contribution < 1.29 is 24.2 Å². The Morgan fingerprint density at radius 3 is 2.58 bits per heavy atom. The number of nitrogens with zero attached hydrogens (tertiary/aromatic N) is 1. The van der Waals surface area contributed by atoms with E-state index in [1.54, 1.807) is 0 Å². The maximum Gasteiger partial charge on any atom is 0.323 e. The minimum absolute atomic E-state index is 0.149. The number of aliphatic carboxylic acids is 1. The van der Waals surface area contributed by atoms with Gasteiger partial charge in [-0.25, -0.2) is 4.79 Å². The summed E-state index contributed by atoms with van der Waals surface area (Å²) in [5.74, 6) is 0.582. The summed E-state index contributed by atoms with van der Waals surface area (Å²) in [5.41, 5.74) is 0. The van der Waals surface area contributed by atoms with E-state index in [0.29, 0.717) is 13.2 Å². The molecule has 0 aromatic heterocycles. The molecule has 0 saturated carbocycles. The number of ether oxygens (including phenoxy) is 1. The number of hydrogen-bond donors (Lipinski definition) is 3. The number of terminal acetylenes is 1. The van der Waals surface area contributed by atoms with E-state index in [9.17, 15) is 14.4 Å². The van der Waals surface area contributed by atoms with E-state index in [1.807, 2.05) is 0 Å². The molecule has 0 aromatic carbocycles. The third kappa shape index (κ3) is 8.45. The lowest BCUT2D eigenvalue weighted by atomic mass is 10.5. The van der Waals surface area contributed by atoms with Crippen LogP contribution in [0.2, 0.25) is 0 Å². The van der Waals surface area contributed by atoms with Crippen LogP contribution >= 0.6 is 0 Å². The first-order chi connectivity index (χ1) is 9.01. The van der Waals surface area contributed by atoms with E-state index in [4.69, 9.17) is 16.3 Å². The lowest BCUT2D eigenvalue weighted by Crippen LogP contribution is -2.46. The third-order valence-corrected chi connectivity index (χ3v) is 1.92. The summed E-state index contributed by atoms with van der Waals surface area (Å²) < 4.78 is 4.73. The Morgan fingerprint density at radius 2 is 2.05 bits per heavy atom. The number of carbonyl (C=O) groups is 3. The van der Waals surface area contributed by atoms with Crippen molar-refractivity contribution >= 4 is 17.9 Å². The van der Waals surface area contributed by atoms with Crippen LogP contribution < -0.4 is 10.6 Å². The fourth-order valence-electron chi connectivity index (χ4n) is 1.10. The van der Waals surface area contributed by atoms with Crippen LogP contribution in [0, 0.1) is 12.3 Å². The number of rotatable bonds is 8. The van der Waals surface area contributed by atoms with E-state index in [0.717, 1.165) is 4.90 Å². The Kier molecular flexibility index (Phi) is 8.57. The quantitative estimate of drug-likeness (QED) is 0.367. The second-order valence-electron chi connectivity index (χ2n) is 3.46. The molecule has 0 aliphatic heterocycles. The van der Waals surface area contributed by atoms with Gasteiger partial charge in [0.2, 0.25) is 5.91 Å². The predicted molar refractivity (Wildman–Crippen MR) is 66.3 cm³/mol. The zero-order valence-electron chi connectivity index (χ0n) is 10.6. The minimum Gasteiger partial charge on any atom is -0.480 e. The Morgan fingerprint density at radius 1 is 1.37 bits per heavy atom. The molecule has 0 aliphatic carbocycles. The highest BCUT2D eigenvalue weighted by molar-refractivity contribution is 5.85. The summed E-state index contributed by atoms with van der Waals surface area (Å²) >= 11 is 0. The van der Waals surface area contributed by atoms with Gasteiger partial charge in [-0.2, -0.15) is 0 Å². The van der Waals surface area contributed by atoms with Crippen molar-refractivity contribution in [3.8, 4) is 12.3 Å². The molecule has 0 spiro atoms. The van der Waals surface area contributed by atoms with Gasteiger partial charge in [-0.3, -0.25) is 9.59 Å². The summed E-state index contributed by atoms with van der Waals surface area (Å²) in [6, 6.07) is -0.706. The molecular weight excluding hydrogens is 254 g/mol. The zero-order valence-corrected chi connectivity index (χ0v) is 10.6. The van der Waals surface area contributed by atoms with Crippen LogP contribution in [0.4, 0.5) is 4.79 Å². The van der Waals surface area contributed by atoms with Crippen molar-refractivity contribution in [3.05, 3.63) is 0 Å². The average Bonchev–Trinajstić information content (AvgIpc) is 2.35. The van der Waals surface area contributed by atoms with E-state index in [2.05, 4.69) is 16.6 Å². The molecule has 19 heavy (non-hydrogen) atoms. The molecule has 0 unspecified atom stereocenters. The van der Waals surface area contributed by atoms with E-state index >= 15 is 0 Å². The summed E-state index contributed by atoms with van der Waals surface area (Å²) in [6.07, 6.45) is 5.02. The molecule has 0 rings (SSSR count). The van der Waals surface area contributed by atoms with Gasteiger partial charge in [-0.15, -0.1) is 6.42 Å². The van der Waals surface area contributed by atoms with Crippen LogP contribution in [-0.4, -0.2) is 67.8 Å². The number of carboxylic acids is 1. The molecule has 0 aliphatic rings. The monoisotopic (exact) mass is 271 g/mol. The first-order valence-corrected chi connectivity index (χ1v) is 5.45. The molecule has 0 heterocycles.